The van der Waals surface area contributed by atoms with Gasteiger partial charge in [-0.25, -0.2) is 0 Å². The molecule has 0 aliphatic carbocycles. The summed E-state index contributed by atoms with van der Waals surface area (Å²) in [5.41, 5.74) is 1.70. The summed E-state index contributed by atoms with van der Waals surface area (Å²) in [6.07, 6.45) is 4.87. The van der Waals surface area contributed by atoms with Crippen molar-refractivity contribution in [2.75, 3.05) is 7.11 Å². The fourth-order valence-electron chi connectivity index (χ4n) is 2.54. The van der Waals surface area contributed by atoms with Gasteiger partial charge in [-0.05, 0) is 42.3 Å². The number of carbonyl (C=O) groups excluding carboxylic acids is 3. The minimum Gasteiger partial charge on any atom is -0.497 e. The summed E-state index contributed by atoms with van der Waals surface area (Å²) in [4.78, 5) is 42.0. The summed E-state index contributed by atoms with van der Waals surface area (Å²) in [5, 5.41) is 2.61. The predicted molar refractivity (Wildman–Crippen MR) is 90.5 cm³/mol. The molecule has 7 heteroatoms. The fourth-order valence-corrected chi connectivity index (χ4v) is 2.54. The number of hydrogen-bond donors (Lipinski definition) is 1. The van der Waals surface area contributed by atoms with Gasteiger partial charge in [0, 0.05) is 12.7 Å². The lowest BCUT2D eigenvalue weighted by molar-refractivity contribution is -0.144. The van der Waals surface area contributed by atoms with Crippen LogP contribution in [0.25, 0.3) is 0 Å². The number of nitrogens with zero attached hydrogens (tertiary/aromatic N) is 2. The first-order chi connectivity index (χ1) is 12.0. The van der Waals surface area contributed by atoms with E-state index in [1.54, 1.807) is 43.5 Å². The molecule has 2 aliphatic rings. The van der Waals surface area contributed by atoms with Crippen LogP contribution in [0.5, 0.6) is 5.75 Å². The van der Waals surface area contributed by atoms with E-state index < -0.39 is 23.6 Å². The number of fused-ring (bicyclic) bond motifs is 1. The number of aliphatic imine (C=N–C) groups is 1. The minimum absolute atomic E-state index is 0.200. The van der Waals surface area contributed by atoms with E-state index in [9.17, 15) is 14.4 Å². The zero-order valence-electron chi connectivity index (χ0n) is 13.9. The van der Waals surface area contributed by atoms with Crippen molar-refractivity contribution >= 4 is 23.6 Å². The first kappa shape index (κ1) is 16.6. The molecule has 0 spiro atoms. The summed E-state index contributed by atoms with van der Waals surface area (Å²) in [6.45, 7) is 2.03. The molecule has 3 rings (SSSR count). The minimum atomic E-state index is -1.46. The van der Waals surface area contributed by atoms with Gasteiger partial charge in [-0.1, -0.05) is 12.1 Å². The van der Waals surface area contributed by atoms with Crippen molar-refractivity contribution in [1.82, 2.24) is 10.2 Å². The second kappa shape index (κ2) is 6.72. The molecule has 1 aromatic rings. The normalized spacial score (nSPS) is 19.1. The molecule has 0 bridgehead atoms. The number of benzene rings is 1. The van der Waals surface area contributed by atoms with Gasteiger partial charge in [-0.3, -0.25) is 19.3 Å². The van der Waals surface area contributed by atoms with Crippen molar-refractivity contribution in [2.24, 2.45) is 10.9 Å². The first-order valence-electron chi connectivity index (χ1n) is 7.72. The molecule has 0 saturated carbocycles. The molecule has 3 amide bonds. The van der Waals surface area contributed by atoms with Crippen LogP contribution in [0.2, 0.25) is 0 Å². The van der Waals surface area contributed by atoms with Crippen molar-refractivity contribution in [1.29, 1.82) is 0 Å². The molecule has 0 saturated heterocycles. The zero-order chi connectivity index (χ0) is 18.0. The molecule has 7 nitrogen and oxygen atoms in total. The number of amides is 3. The topological polar surface area (TPSA) is 88.1 Å². The molecule has 2 heterocycles. The number of allylic oxidation sites excluding steroid dienone is 2. The highest BCUT2D eigenvalue weighted by atomic mass is 16.5. The van der Waals surface area contributed by atoms with Gasteiger partial charge in [0.1, 0.15) is 11.6 Å². The lowest BCUT2D eigenvalue weighted by Crippen LogP contribution is -2.50. The van der Waals surface area contributed by atoms with Crippen LogP contribution in [0.4, 0.5) is 0 Å². The SMILES string of the molecule is COc1ccc(CNC(=O)C2C(=O)N=C3C=C(C)C=CN3C2=O)cc1. The number of nitrogens with one attached hydrogen (secondary N) is 1. The highest BCUT2D eigenvalue weighted by Gasteiger charge is 2.42. The molecule has 2 aliphatic heterocycles. The van der Waals surface area contributed by atoms with Crippen LogP contribution in [0.3, 0.4) is 0 Å². The Hall–Kier alpha value is -3.22. The maximum absolute atomic E-state index is 12.5. The van der Waals surface area contributed by atoms with Crippen molar-refractivity contribution in [3.05, 3.63) is 53.8 Å². The maximum Gasteiger partial charge on any atom is 0.269 e. The first-order valence-corrected chi connectivity index (χ1v) is 7.72. The van der Waals surface area contributed by atoms with E-state index in [0.717, 1.165) is 11.1 Å². The van der Waals surface area contributed by atoms with E-state index in [0.29, 0.717) is 5.75 Å². The summed E-state index contributed by atoms with van der Waals surface area (Å²) >= 11 is 0. The van der Waals surface area contributed by atoms with Crippen molar-refractivity contribution < 1.29 is 19.1 Å². The Labute approximate surface area is 144 Å². The van der Waals surface area contributed by atoms with Crippen LogP contribution in [-0.4, -0.2) is 35.6 Å². The largest absolute Gasteiger partial charge is 0.497 e. The Balaban J connectivity index is 1.70. The van der Waals surface area contributed by atoms with Gasteiger partial charge in [-0.2, -0.15) is 4.99 Å². The Bertz CT molecular complexity index is 821. The number of rotatable bonds is 4. The smallest absolute Gasteiger partial charge is 0.269 e. The highest BCUT2D eigenvalue weighted by molar-refractivity contribution is 6.27. The predicted octanol–water partition coefficient (Wildman–Crippen LogP) is 1.17. The number of hydrogen-bond acceptors (Lipinski definition) is 4. The molecule has 1 aromatic carbocycles. The van der Waals surface area contributed by atoms with E-state index in [4.69, 9.17) is 4.74 Å². The van der Waals surface area contributed by atoms with E-state index in [2.05, 4.69) is 10.3 Å². The average Bonchev–Trinajstić information content (AvgIpc) is 2.60. The van der Waals surface area contributed by atoms with Crippen LogP contribution in [0.1, 0.15) is 12.5 Å². The average molecular weight is 339 g/mol. The van der Waals surface area contributed by atoms with Gasteiger partial charge in [-0.15, -0.1) is 0 Å². The number of carbonyl (C=O) groups is 3. The van der Waals surface area contributed by atoms with Crippen molar-refractivity contribution in [3.63, 3.8) is 0 Å². The Morgan fingerprint density at radius 1 is 1.28 bits per heavy atom. The van der Waals surface area contributed by atoms with Gasteiger partial charge in [0.2, 0.25) is 5.91 Å². The maximum atomic E-state index is 12.5. The Kier molecular flexibility index (Phi) is 4.47. The lowest BCUT2D eigenvalue weighted by atomic mass is 10.0. The van der Waals surface area contributed by atoms with Crippen LogP contribution in [0, 0.1) is 5.92 Å². The van der Waals surface area contributed by atoms with Gasteiger partial charge in [0.15, 0.2) is 5.92 Å². The van der Waals surface area contributed by atoms with Crippen LogP contribution in [0.15, 0.2) is 53.2 Å². The molecule has 1 unspecified atom stereocenters. The van der Waals surface area contributed by atoms with E-state index in [1.807, 2.05) is 6.92 Å². The monoisotopic (exact) mass is 339 g/mol. The van der Waals surface area contributed by atoms with Gasteiger partial charge >= 0.3 is 0 Å². The van der Waals surface area contributed by atoms with Gasteiger partial charge in [0.05, 0.1) is 7.11 Å². The van der Waals surface area contributed by atoms with E-state index >= 15 is 0 Å². The molecule has 0 radical (unpaired) electrons. The third-order valence-corrected chi connectivity index (χ3v) is 3.93. The van der Waals surface area contributed by atoms with Crippen molar-refractivity contribution in [3.8, 4) is 5.75 Å². The van der Waals surface area contributed by atoms with Gasteiger partial charge in [0.25, 0.3) is 11.8 Å². The lowest BCUT2D eigenvalue weighted by Gasteiger charge is -2.28. The summed E-state index contributed by atoms with van der Waals surface area (Å²) in [7, 11) is 1.57. The molecular formula is C18H17N3O4. The highest BCUT2D eigenvalue weighted by Crippen LogP contribution is 2.19. The van der Waals surface area contributed by atoms with Crippen LogP contribution >= 0.6 is 0 Å². The molecule has 1 atom stereocenters. The third kappa shape index (κ3) is 3.35. The number of amidine groups is 1. The molecule has 0 fully saturated rings. The summed E-state index contributed by atoms with van der Waals surface area (Å²) in [5.74, 6) is -2.51. The Morgan fingerprint density at radius 3 is 2.68 bits per heavy atom. The number of methoxy groups -OCH3 is 1. The summed E-state index contributed by atoms with van der Waals surface area (Å²) in [6, 6.07) is 7.12. The molecular weight excluding hydrogens is 322 g/mol. The van der Waals surface area contributed by atoms with Crippen LogP contribution < -0.4 is 10.1 Å². The Morgan fingerprint density at radius 2 is 2.00 bits per heavy atom. The second-order valence-electron chi connectivity index (χ2n) is 5.72. The number of ether oxygens (including phenoxy) is 1. The molecule has 0 aromatic heterocycles. The van der Waals surface area contributed by atoms with Gasteiger partial charge < -0.3 is 10.1 Å². The molecule has 1 N–H and O–H groups in total. The molecule has 128 valence electrons. The quantitative estimate of drug-likeness (QED) is 0.834. The standard InChI is InChI=1S/C18H17N3O4/c1-11-7-8-21-14(9-11)20-17(23)15(18(21)24)16(22)19-10-12-3-5-13(25-2)6-4-12/h3-9,15H,10H2,1-2H3,(H,19,22). The summed E-state index contributed by atoms with van der Waals surface area (Å²) < 4.78 is 5.07. The van der Waals surface area contributed by atoms with E-state index in [1.165, 1.54) is 11.1 Å². The van der Waals surface area contributed by atoms with Crippen molar-refractivity contribution in [2.45, 2.75) is 13.5 Å². The zero-order valence-corrected chi connectivity index (χ0v) is 13.9. The second-order valence-corrected chi connectivity index (χ2v) is 5.72. The fraction of sp³-hybridized carbons (Fsp3) is 0.222. The van der Waals surface area contributed by atoms with E-state index in [-0.39, 0.29) is 12.4 Å². The van der Waals surface area contributed by atoms with Crippen LogP contribution in [-0.2, 0) is 20.9 Å². The molecule has 25 heavy (non-hydrogen) atoms. The third-order valence-electron chi connectivity index (χ3n) is 3.93.